The van der Waals surface area contributed by atoms with Crippen LogP contribution in [0, 0.1) is 0 Å². The highest BCUT2D eigenvalue weighted by atomic mass is 32.1. The van der Waals surface area contributed by atoms with E-state index < -0.39 is 0 Å². The van der Waals surface area contributed by atoms with Crippen LogP contribution < -0.4 is 15.4 Å². The predicted molar refractivity (Wildman–Crippen MR) is 125 cm³/mol. The minimum absolute atomic E-state index is 0.000942. The molecule has 8 heteroatoms. The zero-order valence-corrected chi connectivity index (χ0v) is 19.3. The van der Waals surface area contributed by atoms with Crippen molar-refractivity contribution in [2.24, 2.45) is 0 Å². The molecule has 3 amide bonds. The number of thiophene rings is 1. The second-order valence-electron chi connectivity index (χ2n) is 7.78. The number of para-hydroxylation sites is 1. The van der Waals surface area contributed by atoms with E-state index in [2.05, 4.69) is 10.6 Å². The molecule has 32 heavy (non-hydrogen) atoms. The average Bonchev–Trinajstić information content (AvgIpc) is 3.53. The normalized spacial score (nSPS) is 14.1. The molecule has 1 saturated heterocycles. The zero-order valence-electron chi connectivity index (χ0n) is 18.5. The van der Waals surface area contributed by atoms with Crippen LogP contribution in [-0.2, 0) is 9.59 Å². The number of nitrogens with one attached hydrogen (secondary N) is 2. The molecule has 1 aromatic heterocycles. The van der Waals surface area contributed by atoms with Crippen LogP contribution >= 0.6 is 11.3 Å². The number of amides is 3. The van der Waals surface area contributed by atoms with Gasteiger partial charge in [0, 0.05) is 31.6 Å². The van der Waals surface area contributed by atoms with Crippen molar-refractivity contribution in [2.45, 2.75) is 45.1 Å². The largest absolute Gasteiger partial charge is 0.483 e. The highest BCUT2D eigenvalue weighted by Gasteiger charge is 2.21. The fourth-order valence-corrected chi connectivity index (χ4v) is 4.35. The van der Waals surface area contributed by atoms with E-state index in [-0.39, 0.29) is 30.4 Å². The van der Waals surface area contributed by atoms with Gasteiger partial charge in [0.1, 0.15) is 5.75 Å². The zero-order chi connectivity index (χ0) is 22.8. The Kier molecular flexibility index (Phi) is 9.10. The minimum atomic E-state index is -0.207. The van der Waals surface area contributed by atoms with E-state index in [4.69, 9.17) is 4.74 Å². The fraction of sp³-hybridized carbons (Fsp3) is 0.458. The summed E-state index contributed by atoms with van der Waals surface area (Å²) in [4.78, 5) is 39.3. The van der Waals surface area contributed by atoms with Crippen molar-refractivity contribution in [2.75, 3.05) is 26.2 Å². The van der Waals surface area contributed by atoms with Crippen molar-refractivity contribution < 1.29 is 19.1 Å². The molecule has 2 aromatic rings. The first-order chi connectivity index (χ1) is 15.6. The number of carbonyl (C=O) groups is 3. The molecule has 1 unspecified atom stereocenters. The molecule has 1 aromatic carbocycles. The molecule has 1 fully saturated rings. The molecule has 0 aliphatic carbocycles. The molecule has 1 aliphatic heterocycles. The molecule has 3 rings (SSSR count). The number of hydrogen-bond acceptors (Lipinski definition) is 5. The topological polar surface area (TPSA) is 87.7 Å². The van der Waals surface area contributed by atoms with Crippen molar-refractivity contribution in [1.29, 1.82) is 0 Å². The van der Waals surface area contributed by atoms with Gasteiger partial charge in [-0.05, 0) is 43.2 Å². The SMILES string of the molecule is CCC(NC(=O)CCCNC(=O)c1cccs1)c1ccccc1OCC(=O)N1CCCC1. The van der Waals surface area contributed by atoms with Gasteiger partial charge in [-0.1, -0.05) is 31.2 Å². The predicted octanol–water partition coefficient (Wildman–Crippen LogP) is 3.53. The van der Waals surface area contributed by atoms with E-state index in [0.717, 1.165) is 31.5 Å². The van der Waals surface area contributed by atoms with E-state index in [1.54, 1.807) is 6.07 Å². The summed E-state index contributed by atoms with van der Waals surface area (Å²) < 4.78 is 5.85. The molecule has 0 saturated carbocycles. The number of benzene rings is 1. The van der Waals surface area contributed by atoms with Crippen LogP contribution in [0.2, 0.25) is 0 Å². The fourth-order valence-electron chi connectivity index (χ4n) is 3.71. The lowest BCUT2D eigenvalue weighted by molar-refractivity contribution is -0.132. The van der Waals surface area contributed by atoms with Crippen LogP contribution in [0.5, 0.6) is 5.75 Å². The van der Waals surface area contributed by atoms with Crippen LogP contribution in [0.1, 0.15) is 60.3 Å². The summed E-state index contributed by atoms with van der Waals surface area (Å²) >= 11 is 1.39. The van der Waals surface area contributed by atoms with Gasteiger partial charge in [-0.2, -0.15) is 0 Å². The lowest BCUT2D eigenvalue weighted by atomic mass is 10.0. The molecule has 2 N–H and O–H groups in total. The number of nitrogens with zero attached hydrogens (tertiary/aromatic N) is 1. The highest BCUT2D eigenvalue weighted by molar-refractivity contribution is 7.12. The molecule has 7 nitrogen and oxygen atoms in total. The van der Waals surface area contributed by atoms with E-state index in [1.165, 1.54) is 11.3 Å². The van der Waals surface area contributed by atoms with Gasteiger partial charge in [0.2, 0.25) is 5.91 Å². The van der Waals surface area contributed by atoms with E-state index >= 15 is 0 Å². The van der Waals surface area contributed by atoms with Gasteiger partial charge < -0.3 is 20.3 Å². The molecular weight excluding hydrogens is 426 g/mol. The van der Waals surface area contributed by atoms with Crippen LogP contribution in [-0.4, -0.2) is 48.9 Å². The Morgan fingerprint density at radius 3 is 2.62 bits per heavy atom. The second kappa shape index (κ2) is 12.2. The summed E-state index contributed by atoms with van der Waals surface area (Å²) in [6, 6.07) is 10.9. The van der Waals surface area contributed by atoms with Gasteiger partial charge in [0.15, 0.2) is 6.61 Å². The van der Waals surface area contributed by atoms with Crippen molar-refractivity contribution in [3.8, 4) is 5.75 Å². The summed E-state index contributed by atoms with van der Waals surface area (Å²) in [6.45, 7) is 4.04. The second-order valence-corrected chi connectivity index (χ2v) is 8.73. The molecule has 2 heterocycles. The Balaban J connectivity index is 1.47. The molecule has 0 bridgehead atoms. The van der Waals surface area contributed by atoms with Gasteiger partial charge in [-0.25, -0.2) is 0 Å². The quantitative estimate of drug-likeness (QED) is 0.506. The number of ether oxygens (including phenoxy) is 1. The third kappa shape index (κ3) is 6.82. The molecular formula is C24H31N3O4S. The molecule has 172 valence electrons. The summed E-state index contributed by atoms with van der Waals surface area (Å²) in [5.74, 6) is 0.431. The van der Waals surface area contributed by atoms with Gasteiger partial charge in [0.25, 0.3) is 11.8 Å². The Morgan fingerprint density at radius 1 is 1.12 bits per heavy atom. The highest BCUT2D eigenvalue weighted by Crippen LogP contribution is 2.27. The third-order valence-corrected chi connectivity index (χ3v) is 6.33. The van der Waals surface area contributed by atoms with E-state index in [9.17, 15) is 14.4 Å². The van der Waals surface area contributed by atoms with Crippen LogP contribution in [0.3, 0.4) is 0 Å². The van der Waals surface area contributed by atoms with Gasteiger partial charge >= 0.3 is 0 Å². The maximum Gasteiger partial charge on any atom is 0.261 e. The first-order valence-electron chi connectivity index (χ1n) is 11.2. The molecule has 0 spiro atoms. The van der Waals surface area contributed by atoms with Crippen molar-refractivity contribution in [1.82, 2.24) is 15.5 Å². The van der Waals surface area contributed by atoms with E-state index in [0.29, 0.717) is 36.4 Å². The van der Waals surface area contributed by atoms with Crippen molar-refractivity contribution >= 4 is 29.1 Å². The first kappa shape index (κ1) is 23.8. The Hall–Kier alpha value is -2.87. The maximum atomic E-state index is 12.5. The van der Waals surface area contributed by atoms with E-state index in [1.807, 2.05) is 47.5 Å². The van der Waals surface area contributed by atoms with Crippen molar-refractivity contribution in [3.05, 3.63) is 52.2 Å². The Morgan fingerprint density at radius 2 is 1.91 bits per heavy atom. The smallest absolute Gasteiger partial charge is 0.261 e. The number of carbonyl (C=O) groups excluding carboxylic acids is 3. The molecule has 1 atom stereocenters. The van der Waals surface area contributed by atoms with Gasteiger partial charge in [0.05, 0.1) is 10.9 Å². The van der Waals surface area contributed by atoms with Crippen molar-refractivity contribution in [3.63, 3.8) is 0 Å². The monoisotopic (exact) mass is 457 g/mol. The number of rotatable bonds is 11. The molecule has 1 aliphatic rings. The molecule has 0 radical (unpaired) electrons. The van der Waals surface area contributed by atoms with Gasteiger partial charge in [-0.3, -0.25) is 14.4 Å². The summed E-state index contributed by atoms with van der Waals surface area (Å²) in [7, 11) is 0. The standard InChI is InChI=1S/C24H31N3O4S/c1-2-19(26-22(28)12-7-13-25-24(30)21-11-8-16-32-21)18-9-3-4-10-20(18)31-17-23(29)27-14-5-6-15-27/h3-4,8-11,16,19H,2,5-7,12-15,17H2,1H3,(H,25,30)(H,26,28). The van der Waals surface area contributed by atoms with Gasteiger partial charge in [-0.15, -0.1) is 11.3 Å². The summed E-state index contributed by atoms with van der Waals surface area (Å²) in [5.41, 5.74) is 0.864. The summed E-state index contributed by atoms with van der Waals surface area (Å²) in [5, 5.41) is 7.75. The number of likely N-dealkylation sites (tertiary alicyclic amines) is 1. The van der Waals surface area contributed by atoms with Crippen LogP contribution in [0.15, 0.2) is 41.8 Å². The average molecular weight is 458 g/mol. The first-order valence-corrected chi connectivity index (χ1v) is 12.1. The Bertz CT molecular complexity index is 894. The third-order valence-electron chi connectivity index (χ3n) is 5.46. The minimum Gasteiger partial charge on any atom is -0.483 e. The Labute approximate surface area is 193 Å². The lowest BCUT2D eigenvalue weighted by Gasteiger charge is -2.22. The van der Waals surface area contributed by atoms with Crippen LogP contribution in [0.4, 0.5) is 0 Å². The summed E-state index contributed by atoms with van der Waals surface area (Å²) in [6.07, 6.45) is 3.66. The number of hydrogen-bond donors (Lipinski definition) is 2. The lowest BCUT2D eigenvalue weighted by Crippen LogP contribution is -2.33. The maximum absolute atomic E-state index is 12.5. The van der Waals surface area contributed by atoms with Crippen LogP contribution in [0.25, 0.3) is 0 Å².